The fourth-order valence-corrected chi connectivity index (χ4v) is 3.52. The highest BCUT2D eigenvalue weighted by atomic mass is 35.5. The number of carbonyl (C=O) groups is 1. The maximum atomic E-state index is 11.4. The van der Waals surface area contributed by atoms with Crippen LogP contribution in [-0.2, 0) is 4.79 Å². The van der Waals surface area contributed by atoms with E-state index in [2.05, 4.69) is 9.97 Å². The average molecular weight is 292 g/mol. The summed E-state index contributed by atoms with van der Waals surface area (Å²) in [5, 5.41) is 8.43. The fourth-order valence-electron chi connectivity index (χ4n) is 3.26. The van der Waals surface area contributed by atoms with Crippen LogP contribution >= 0.6 is 11.6 Å². The molecule has 5 nitrogen and oxygen atoms in total. The molecule has 0 aromatic carbocycles. The Hall–Kier alpha value is -1.67. The number of hydrogen-bond acceptors (Lipinski definition) is 5. The molecule has 3 aliphatic rings. The molecule has 1 heterocycles. The number of nitriles is 1. The van der Waals surface area contributed by atoms with Crippen molar-refractivity contribution in [1.29, 1.82) is 5.26 Å². The lowest BCUT2D eigenvalue weighted by Crippen LogP contribution is -2.46. The summed E-state index contributed by atoms with van der Waals surface area (Å²) >= 11 is 5.66. The van der Waals surface area contributed by atoms with Crippen LogP contribution in [0.15, 0.2) is 12.4 Å². The molecule has 2 unspecified atom stereocenters. The van der Waals surface area contributed by atoms with E-state index >= 15 is 0 Å². The van der Waals surface area contributed by atoms with Gasteiger partial charge in [-0.25, -0.2) is 9.97 Å². The second kappa shape index (κ2) is 5.37. The molecule has 0 aliphatic heterocycles. The highest BCUT2D eigenvalue weighted by Gasteiger charge is 2.48. The summed E-state index contributed by atoms with van der Waals surface area (Å²) in [6.07, 6.45) is 5.81. The van der Waals surface area contributed by atoms with Crippen molar-refractivity contribution in [2.45, 2.75) is 19.3 Å². The zero-order valence-electron chi connectivity index (χ0n) is 10.8. The van der Waals surface area contributed by atoms with Gasteiger partial charge in [-0.15, -0.1) is 0 Å². The molecular formula is C14H14ClN3O2. The lowest BCUT2D eigenvalue weighted by atomic mass is 9.56. The third kappa shape index (κ3) is 2.48. The normalized spacial score (nSPS) is 31.0. The molecule has 4 rings (SSSR count). The van der Waals surface area contributed by atoms with Crippen LogP contribution in [0.2, 0.25) is 0 Å². The maximum Gasteiger partial charge on any atom is 0.232 e. The average Bonchev–Trinajstić information content (AvgIpc) is 2.44. The largest absolute Gasteiger partial charge is 0.476 e. The molecule has 6 heteroatoms. The smallest absolute Gasteiger partial charge is 0.232 e. The monoisotopic (exact) mass is 291 g/mol. The van der Waals surface area contributed by atoms with Crippen LogP contribution in [0.5, 0.6) is 5.88 Å². The minimum atomic E-state index is -0.212. The molecule has 3 fully saturated rings. The number of carbonyl (C=O) groups excluding carboxylic acids is 1. The van der Waals surface area contributed by atoms with Crippen LogP contribution in [0, 0.1) is 35.0 Å². The molecule has 104 valence electrons. The molecule has 3 saturated carbocycles. The van der Waals surface area contributed by atoms with Crippen molar-refractivity contribution >= 4 is 16.8 Å². The Morgan fingerprint density at radius 1 is 1.35 bits per heavy atom. The Morgan fingerprint density at radius 2 is 2.15 bits per heavy atom. The van der Waals surface area contributed by atoms with Crippen LogP contribution in [0.25, 0.3) is 0 Å². The minimum absolute atomic E-state index is 0.0117. The van der Waals surface area contributed by atoms with Gasteiger partial charge in [0.05, 0.1) is 19.0 Å². The van der Waals surface area contributed by atoms with E-state index in [0.717, 1.165) is 19.3 Å². The molecule has 1 aromatic rings. The van der Waals surface area contributed by atoms with Gasteiger partial charge in [-0.05, 0) is 48.6 Å². The lowest BCUT2D eigenvalue weighted by Gasteiger charge is -2.50. The first-order valence-corrected chi connectivity index (χ1v) is 7.09. The number of aromatic nitrogens is 2. The van der Waals surface area contributed by atoms with E-state index in [4.69, 9.17) is 21.6 Å². The van der Waals surface area contributed by atoms with E-state index < -0.39 is 0 Å². The van der Waals surface area contributed by atoms with Gasteiger partial charge in [-0.1, -0.05) is 0 Å². The molecule has 0 saturated heterocycles. The standard InChI is InChI=1S/C14H14ClN3O2/c15-14(19)12-3-10(8-1-9(12)2-8)7-20-13-6-17-11(4-16)5-18-13/h5-6,8-10,12H,1-3,7H2. The second-order valence-electron chi connectivity index (χ2n) is 5.56. The SMILES string of the molecule is N#Cc1cnc(OCC2CC(C(=O)Cl)C3CC2C3)cn1. The number of hydrogen-bond donors (Lipinski definition) is 0. The zero-order valence-corrected chi connectivity index (χ0v) is 11.6. The van der Waals surface area contributed by atoms with E-state index in [-0.39, 0.29) is 16.9 Å². The zero-order chi connectivity index (χ0) is 14.1. The summed E-state index contributed by atoms with van der Waals surface area (Å²) in [7, 11) is 0. The van der Waals surface area contributed by atoms with Crippen molar-refractivity contribution in [3.63, 3.8) is 0 Å². The predicted molar refractivity (Wildman–Crippen MR) is 70.9 cm³/mol. The molecular weight excluding hydrogens is 278 g/mol. The van der Waals surface area contributed by atoms with Crippen molar-refractivity contribution in [2.24, 2.45) is 23.7 Å². The molecule has 0 amide bonds. The van der Waals surface area contributed by atoms with Crippen LogP contribution < -0.4 is 4.74 Å². The molecule has 2 bridgehead atoms. The fraction of sp³-hybridized carbons (Fsp3) is 0.571. The number of halogens is 1. The summed E-state index contributed by atoms with van der Waals surface area (Å²) in [5.74, 6) is 1.88. The van der Waals surface area contributed by atoms with Crippen molar-refractivity contribution in [3.05, 3.63) is 18.1 Å². The number of rotatable bonds is 4. The molecule has 0 radical (unpaired) electrons. The van der Waals surface area contributed by atoms with Gasteiger partial charge in [0.2, 0.25) is 11.1 Å². The van der Waals surface area contributed by atoms with Crippen LogP contribution in [0.3, 0.4) is 0 Å². The van der Waals surface area contributed by atoms with Gasteiger partial charge in [-0.3, -0.25) is 4.79 Å². The molecule has 2 atom stereocenters. The Morgan fingerprint density at radius 3 is 2.75 bits per heavy atom. The van der Waals surface area contributed by atoms with Crippen molar-refractivity contribution in [1.82, 2.24) is 9.97 Å². The first-order chi connectivity index (χ1) is 9.67. The molecule has 3 aliphatic carbocycles. The third-order valence-corrected chi connectivity index (χ3v) is 4.76. The molecule has 0 spiro atoms. The van der Waals surface area contributed by atoms with Gasteiger partial charge in [0.25, 0.3) is 0 Å². The molecule has 20 heavy (non-hydrogen) atoms. The van der Waals surface area contributed by atoms with E-state index in [0.29, 0.717) is 30.2 Å². The van der Waals surface area contributed by atoms with Crippen molar-refractivity contribution in [3.8, 4) is 11.9 Å². The third-order valence-electron chi connectivity index (χ3n) is 4.48. The summed E-state index contributed by atoms with van der Waals surface area (Å²) in [4.78, 5) is 19.3. The second-order valence-corrected chi connectivity index (χ2v) is 5.93. The number of nitrogens with zero attached hydrogens (tertiary/aromatic N) is 3. The van der Waals surface area contributed by atoms with Gasteiger partial charge >= 0.3 is 0 Å². The summed E-state index contributed by atoms with van der Waals surface area (Å²) in [5.41, 5.74) is 0.268. The lowest BCUT2D eigenvalue weighted by molar-refractivity contribution is -0.125. The predicted octanol–water partition coefficient (Wildman–Crippen LogP) is 2.15. The summed E-state index contributed by atoms with van der Waals surface area (Å²) in [6, 6.07) is 1.91. The van der Waals surface area contributed by atoms with Gasteiger partial charge in [0.15, 0.2) is 5.69 Å². The first kappa shape index (κ1) is 13.3. The van der Waals surface area contributed by atoms with E-state index in [1.165, 1.54) is 12.4 Å². The topological polar surface area (TPSA) is 75.9 Å². The van der Waals surface area contributed by atoms with Gasteiger partial charge in [-0.2, -0.15) is 5.26 Å². The van der Waals surface area contributed by atoms with Crippen LogP contribution in [-0.4, -0.2) is 21.8 Å². The Labute approximate surface area is 121 Å². The van der Waals surface area contributed by atoms with Gasteiger partial charge in [0, 0.05) is 5.92 Å². The maximum absolute atomic E-state index is 11.4. The van der Waals surface area contributed by atoms with Gasteiger partial charge < -0.3 is 4.74 Å². The van der Waals surface area contributed by atoms with Crippen LogP contribution in [0.4, 0.5) is 0 Å². The Bertz CT molecular complexity index is 549. The number of fused-ring (bicyclic) bond motifs is 2. The molecule has 0 N–H and O–H groups in total. The van der Waals surface area contributed by atoms with E-state index in [9.17, 15) is 4.79 Å². The molecule has 1 aromatic heterocycles. The number of ether oxygens (including phenoxy) is 1. The Balaban J connectivity index is 1.58. The van der Waals surface area contributed by atoms with Crippen LogP contribution in [0.1, 0.15) is 25.0 Å². The quantitative estimate of drug-likeness (QED) is 0.795. The van der Waals surface area contributed by atoms with E-state index in [1.807, 2.05) is 6.07 Å². The minimum Gasteiger partial charge on any atom is -0.476 e. The van der Waals surface area contributed by atoms with Crippen molar-refractivity contribution in [2.75, 3.05) is 6.61 Å². The highest BCUT2D eigenvalue weighted by Crippen LogP contribution is 2.52. The van der Waals surface area contributed by atoms with Gasteiger partial charge in [0.1, 0.15) is 6.07 Å². The summed E-state index contributed by atoms with van der Waals surface area (Å²) < 4.78 is 5.63. The first-order valence-electron chi connectivity index (χ1n) is 6.71. The summed E-state index contributed by atoms with van der Waals surface area (Å²) in [6.45, 7) is 0.526. The van der Waals surface area contributed by atoms with Crippen molar-refractivity contribution < 1.29 is 9.53 Å². The van der Waals surface area contributed by atoms with E-state index in [1.54, 1.807) is 0 Å². The Kier molecular flexibility index (Phi) is 3.58. The highest BCUT2D eigenvalue weighted by molar-refractivity contribution is 6.64.